The summed E-state index contributed by atoms with van der Waals surface area (Å²) in [4.78, 5) is 3.74. The van der Waals surface area contributed by atoms with Gasteiger partial charge in [0.05, 0.1) is 5.39 Å². The van der Waals surface area contributed by atoms with Crippen LogP contribution < -0.4 is 11.2 Å². The highest BCUT2D eigenvalue weighted by atomic mass is 19.1. The van der Waals surface area contributed by atoms with E-state index >= 15 is 0 Å². The van der Waals surface area contributed by atoms with Crippen LogP contribution in [-0.2, 0) is 0 Å². The fraction of sp³-hybridized carbons (Fsp3) is 0. The summed E-state index contributed by atoms with van der Waals surface area (Å²) in [6.45, 7) is 0. The van der Waals surface area contributed by atoms with Gasteiger partial charge in [-0.05, 0) is 11.5 Å². The Hall–Kier alpha value is -1.66. The van der Waals surface area contributed by atoms with Crippen LogP contribution in [0.25, 0.3) is 10.8 Å². The molecule has 4 nitrogen and oxygen atoms in total. The molecule has 0 unspecified atom stereocenters. The lowest BCUT2D eigenvalue weighted by Gasteiger charge is -2.06. The molecule has 2 rings (SSSR count). The highest BCUT2D eigenvalue weighted by molar-refractivity contribution is 6.59. The summed E-state index contributed by atoms with van der Waals surface area (Å²) < 4.78 is 13.7. The molecule has 0 saturated heterocycles. The summed E-state index contributed by atoms with van der Waals surface area (Å²) in [5.74, 6) is -0.708. The normalized spacial score (nSPS) is 10.6. The van der Waals surface area contributed by atoms with Gasteiger partial charge in [-0.15, -0.1) is 0 Å². The molecule has 0 aliphatic rings. The van der Waals surface area contributed by atoms with Gasteiger partial charge in [-0.2, -0.15) is 0 Å². The Bertz CT molecular complexity index is 519. The van der Waals surface area contributed by atoms with Gasteiger partial charge in [0, 0.05) is 11.7 Å². The monoisotopic (exact) mass is 206 g/mol. The maximum absolute atomic E-state index is 13.7. The van der Waals surface area contributed by atoms with Gasteiger partial charge in [0.1, 0.15) is 11.6 Å². The summed E-state index contributed by atoms with van der Waals surface area (Å²) in [6.07, 6.45) is 1.46. The first-order valence-corrected chi connectivity index (χ1v) is 4.30. The molecule has 0 bridgehead atoms. The van der Waals surface area contributed by atoms with Crippen molar-refractivity contribution < 1.29 is 14.4 Å². The average Bonchev–Trinajstić information content (AvgIpc) is 2.17. The zero-order valence-electron chi connectivity index (χ0n) is 7.68. The summed E-state index contributed by atoms with van der Waals surface area (Å²) >= 11 is 0. The van der Waals surface area contributed by atoms with Gasteiger partial charge >= 0.3 is 7.12 Å². The van der Waals surface area contributed by atoms with Crippen LogP contribution in [0.5, 0.6) is 0 Å². The molecule has 76 valence electrons. The van der Waals surface area contributed by atoms with Crippen LogP contribution in [0, 0.1) is 5.82 Å². The second-order valence-electron chi connectivity index (χ2n) is 3.14. The molecule has 0 saturated carbocycles. The van der Waals surface area contributed by atoms with Gasteiger partial charge in [-0.1, -0.05) is 12.1 Å². The van der Waals surface area contributed by atoms with E-state index < -0.39 is 12.9 Å². The smallest absolute Gasteiger partial charge is 0.423 e. The van der Waals surface area contributed by atoms with E-state index in [9.17, 15) is 4.39 Å². The number of fused-ring (bicyclic) bond motifs is 1. The van der Waals surface area contributed by atoms with Crippen molar-refractivity contribution in [2.75, 3.05) is 5.73 Å². The van der Waals surface area contributed by atoms with Crippen molar-refractivity contribution in [1.82, 2.24) is 4.98 Å². The van der Waals surface area contributed by atoms with E-state index in [1.54, 1.807) is 12.1 Å². The molecule has 6 heteroatoms. The zero-order valence-corrected chi connectivity index (χ0v) is 7.68. The van der Waals surface area contributed by atoms with Crippen LogP contribution in [0.3, 0.4) is 0 Å². The first-order chi connectivity index (χ1) is 7.11. The maximum atomic E-state index is 13.7. The molecule has 1 aromatic carbocycles. The Labute approximate surface area is 85.3 Å². The first kappa shape index (κ1) is 9.88. The van der Waals surface area contributed by atoms with Gasteiger partial charge in [-0.25, -0.2) is 9.37 Å². The van der Waals surface area contributed by atoms with Gasteiger partial charge in [0.2, 0.25) is 0 Å². The highest BCUT2D eigenvalue weighted by Gasteiger charge is 2.19. The van der Waals surface area contributed by atoms with Crippen LogP contribution in [0.1, 0.15) is 0 Å². The molecule has 0 aliphatic carbocycles. The molecule has 0 amide bonds. The molecular weight excluding hydrogens is 198 g/mol. The summed E-state index contributed by atoms with van der Waals surface area (Å²) in [7, 11) is -1.85. The maximum Gasteiger partial charge on any atom is 0.491 e. The van der Waals surface area contributed by atoms with E-state index in [0.717, 1.165) is 0 Å². The topological polar surface area (TPSA) is 79.4 Å². The molecular formula is C9H8BFN2O2. The largest absolute Gasteiger partial charge is 0.491 e. The molecule has 2 aromatic rings. The lowest BCUT2D eigenvalue weighted by atomic mass is 9.79. The van der Waals surface area contributed by atoms with Crippen LogP contribution in [0.2, 0.25) is 0 Å². The van der Waals surface area contributed by atoms with Crippen molar-refractivity contribution in [3.63, 3.8) is 0 Å². The van der Waals surface area contributed by atoms with E-state index in [1.165, 1.54) is 12.3 Å². The van der Waals surface area contributed by atoms with Crippen molar-refractivity contribution in [1.29, 1.82) is 0 Å². The summed E-state index contributed by atoms with van der Waals surface area (Å²) in [6, 6.07) is 4.47. The second-order valence-corrected chi connectivity index (χ2v) is 3.14. The number of hydrogen-bond donors (Lipinski definition) is 3. The molecule has 15 heavy (non-hydrogen) atoms. The average molecular weight is 206 g/mol. The minimum atomic E-state index is -1.85. The van der Waals surface area contributed by atoms with Crippen molar-refractivity contribution in [3.8, 4) is 0 Å². The number of anilines is 1. The predicted octanol–water partition coefficient (Wildman–Crippen LogP) is -0.364. The molecule has 1 heterocycles. The van der Waals surface area contributed by atoms with Crippen molar-refractivity contribution in [2.45, 2.75) is 0 Å². The number of nitrogens with two attached hydrogens (primary N) is 1. The molecule has 4 N–H and O–H groups in total. The third-order valence-electron chi connectivity index (χ3n) is 2.21. The molecule has 1 aromatic heterocycles. The van der Waals surface area contributed by atoms with Crippen LogP contribution in [0.15, 0.2) is 24.4 Å². The molecule has 0 atom stereocenters. The second kappa shape index (κ2) is 3.49. The van der Waals surface area contributed by atoms with Crippen LogP contribution >= 0.6 is 0 Å². The van der Waals surface area contributed by atoms with Gasteiger partial charge in [0.25, 0.3) is 0 Å². The third-order valence-corrected chi connectivity index (χ3v) is 2.21. The lowest BCUT2D eigenvalue weighted by Crippen LogP contribution is -2.32. The van der Waals surface area contributed by atoms with Crippen molar-refractivity contribution in [3.05, 3.63) is 30.2 Å². The molecule has 0 fully saturated rings. The number of halogens is 1. The first-order valence-electron chi connectivity index (χ1n) is 4.30. The summed E-state index contributed by atoms with van der Waals surface area (Å²) in [5.41, 5.74) is 5.31. The number of aromatic nitrogens is 1. The van der Waals surface area contributed by atoms with E-state index in [2.05, 4.69) is 4.98 Å². The minimum Gasteiger partial charge on any atom is -0.423 e. The Morgan fingerprint density at radius 3 is 2.67 bits per heavy atom. The molecule has 0 radical (unpaired) electrons. The summed E-state index contributed by atoms with van der Waals surface area (Å²) in [5, 5.41) is 18.5. The lowest BCUT2D eigenvalue weighted by molar-refractivity contribution is 0.423. The standard InChI is InChI=1S/C9H8BFN2O2/c11-8-6(10(14)15)2-1-5-3-4-13-9(12)7(5)8/h1-4,14-15H,(H2,12,13). The van der Waals surface area contributed by atoms with E-state index in [-0.39, 0.29) is 16.7 Å². The van der Waals surface area contributed by atoms with Crippen molar-refractivity contribution >= 4 is 29.2 Å². The van der Waals surface area contributed by atoms with Crippen LogP contribution in [-0.4, -0.2) is 22.2 Å². The number of hydrogen-bond acceptors (Lipinski definition) is 4. The SMILES string of the molecule is Nc1nccc2ccc(B(O)O)c(F)c12. The number of nitrogen functional groups attached to an aromatic ring is 1. The van der Waals surface area contributed by atoms with E-state index in [1.807, 2.05) is 0 Å². The number of nitrogens with zero attached hydrogens (tertiary/aromatic N) is 1. The highest BCUT2D eigenvalue weighted by Crippen LogP contribution is 2.20. The van der Waals surface area contributed by atoms with Crippen molar-refractivity contribution in [2.24, 2.45) is 0 Å². The zero-order chi connectivity index (χ0) is 11.0. The Morgan fingerprint density at radius 1 is 1.27 bits per heavy atom. The third kappa shape index (κ3) is 1.53. The molecule has 0 spiro atoms. The number of benzene rings is 1. The number of rotatable bonds is 1. The van der Waals surface area contributed by atoms with Gasteiger partial charge in [0.15, 0.2) is 0 Å². The van der Waals surface area contributed by atoms with Crippen LogP contribution in [0.4, 0.5) is 10.2 Å². The Balaban J connectivity index is 2.83. The molecule has 0 aliphatic heterocycles. The minimum absolute atomic E-state index is 0.0347. The fourth-order valence-electron chi connectivity index (χ4n) is 1.47. The Kier molecular flexibility index (Phi) is 2.30. The van der Waals surface area contributed by atoms with Gasteiger partial charge in [-0.3, -0.25) is 0 Å². The predicted molar refractivity (Wildman–Crippen MR) is 55.9 cm³/mol. The Morgan fingerprint density at radius 2 is 2.00 bits per heavy atom. The number of pyridine rings is 1. The van der Waals surface area contributed by atoms with E-state index in [0.29, 0.717) is 5.39 Å². The quantitative estimate of drug-likeness (QED) is 0.556. The van der Waals surface area contributed by atoms with E-state index in [4.69, 9.17) is 15.8 Å². The van der Waals surface area contributed by atoms with Gasteiger partial charge < -0.3 is 15.8 Å². The fourth-order valence-corrected chi connectivity index (χ4v) is 1.47.